The lowest BCUT2D eigenvalue weighted by atomic mass is 9.93. The van der Waals surface area contributed by atoms with Crippen molar-refractivity contribution in [1.82, 2.24) is 20.2 Å². The van der Waals surface area contributed by atoms with Gasteiger partial charge in [-0.05, 0) is 55.7 Å². The maximum atomic E-state index is 12.9. The second-order valence-electron chi connectivity index (χ2n) is 8.34. The molecule has 2 aliphatic rings. The summed E-state index contributed by atoms with van der Waals surface area (Å²) in [6.07, 6.45) is 9.78. The third kappa shape index (κ3) is 4.81. The summed E-state index contributed by atoms with van der Waals surface area (Å²) in [7, 11) is 0. The van der Waals surface area contributed by atoms with Crippen molar-refractivity contribution in [3.63, 3.8) is 0 Å². The van der Waals surface area contributed by atoms with Gasteiger partial charge in [0.2, 0.25) is 11.8 Å². The van der Waals surface area contributed by atoms with E-state index in [0.29, 0.717) is 36.9 Å². The minimum atomic E-state index is -0.397. The molecule has 1 aliphatic carbocycles. The van der Waals surface area contributed by atoms with Gasteiger partial charge >= 0.3 is 0 Å². The van der Waals surface area contributed by atoms with Crippen LogP contribution in [0.15, 0.2) is 42.9 Å². The van der Waals surface area contributed by atoms with E-state index in [9.17, 15) is 9.59 Å². The molecule has 2 aromatic rings. The molecule has 4 rings (SSSR count). The second kappa shape index (κ2) is 9.13. The number of hydrogen-bond donors (Lipinski definition) is 1. The maximum Gasteiger partial charge on any atom is 0.230 e. The minimum Gasteiger partial charge on any atom is -0.355 e. The van der Waals surface area contributed by atoms with Crippen LogP contribution in [0.1, 0.15) is 43.4 Å². The lowest BCUT2D eigenvalue weighted by molar-refractivity contribution is -0.133. The monoisotopic (exact) mass is 426 g/mol. The van der Waals surface area contributed by atoms with Crippen molar-refractivity contribution >= 4 is 23.4 Å². The average Bonchev–Trinajstić information content (AvgIpc) is 3.59. The first-order valence-corrected chi connectivity index (χ1v) is 11.0. The van der Waals surface area contributed by atoms with Crippen molar-refractivity contribution < 1.29 is 9.59 Å². The van der Waals surface area contributed by atoms with Gasteiger partial charge in [0.1, 0.15) is 0 Å². The smallest absolute Gasteiger partial charge is 0.230 e. The van der Waals surface area contributed by atoms with Crippen LogP contribution in [0.5, 0.6) is 0 Å². The maximum absolute atomic E-state index is 12.9. The second-order valence-corrected chi connectivity index (χ2v) is 8.78. The Morgan fingerprint density at radius 2 is 2.00 bits per heavy atom. The highest BCUT2D eigenvalue weighted by Gasteiger charge is 2.51. The highest BCUT2D eigenvalue weighted by Crippen LogP contribution is 2.48. The van der Waals surface area contributed by atoms with Crippen LogP contribution in [0.3, 0.4) is 0 Å². The van der Waals surface area contributed by atoms with Gasteiger partial charge in [-0.1, -0.05) is 23.7 Å². The van der Waals surface area contributed by atoms with Crippen molar-refractivity contribution in [2.45, 2.75) is 43.9 Å². The molecule has 1 saturated heterocycles. The van der Waals surface area contributed by atoms with Crippen LogP contribution in [-0.4, -0.2) is 46.3 Å². The van der Waals surface area contributed by atoms with E-state index in [0.717, 1.165) is 43.5 Å². The Morgan fingerprint density at radius 3 is 2.70 bits per heavy atom. The first-order valence-electron chi connectivity index (χ1n) is 10.6. The number of aryl methyl sites for hydroxylation is 1. The summed E-state index contributed by atoms with van der Waals surface area (Å²) in [6.45, 7) is 2.11. The molecule has 0 radical (unpaired) electrons. The summed E-state index contributed by atoms with van der Waals surface area (Å²) in [5.41, 5.74) is 1.48. The minimum absolute atomic E-state index is 0.0934. The third-order valence-electron chi connectivity index (χ3n) is 6.22. The molecule has 30 heavy (non-hydrogen) atoms. The molecule has 0 spiro atoms. The van der Waals surface area contributed by atoms with Gasteiger partial charge in [0.25, 0.3) is 0 Å². The third-order valence-corrected chi connectivity index (χ3v) is 6.47. The molecule has 1 unspecified atom stereocenters. The molecule has 2 amide bonds. The molecule has 1 aliphatic heterocycles. The molecule has 158 valence electrons. The summed E-state index contributed by atoms with van der Waals surface area (Å²) in [5, 5.41) is 3.84. The SMILES string of the molecule is O=C(CCc1cnccn1)N1CCCC(CNC(=O)C2(c3ccc(Cl)cc3)CC2)C1. The fourth-order valence-electron chi connectivity index (χ4n) is 4.26. The van der Waals surface area contributed by atoms with Gasteiger partial charge < -0.3 is 10.2 Å². The number of carbonyl (C=O) groups is 2. The van der Waals surface area contributed by atoms with Gasteiger partial charge in [0.15, 0.2) is 0 Å². The quantitative estimate of drug-likeness (QED) is 0.737. The number of halogens is 1. The van der Waals surface area contributed by atoms with E-state index in [1.807, 2.05) is 29.2 Å². The number of benzene rings is 1. The highest BCUT2D eigenvalue weighted by molar-refractivity contribution is 6.30. The lowest BCUT2D eigenvalue weighted by Crippen LogP contribution is -2.45. The Kier molecular flexibility index (Phi) is 6.32. The van der Waals surface area contributed by atoms with E-state index < -0.39 is 5.41 Å². The number of nitrogens with zero attached hydrogens (tertiary/aromatic N) is 3. The van der Waals surface area contributed by atoms with Gasteiger partial charge in [-0.2, -0.15) is 0 Å². The van der Waals surface area contributed by atoms with Crippen molar-refractivity contribution in [3.05, 3.63) is 59.1 Å². The lowest BCUT2D eigenvalue weighted by Gasteiger charge is -2.33. The Balaban J connectivity index is 1.26. The summed E-state index contributed by atoms with van der Waals surface area (Å²) >= 11 is 5.98. The Hall–Kier alpha value is -2.47. The van der Waals surface area contributed by atoms with Gasteiger partial charge in [-0.15, -0.1) is 0 Å². The van der Waals surface area contributed by atoms with Gasteiger partial charge in [-0.3, -0.25) is 19.6 Å². The number of amides is 2. The zero-order valence-corrected chi connectivity index (χ0v) is 17.8. The summed E-state index contributed by atoms with van der Waals surface area (Å²) in [6, 6.07) is 7.59. The van der Waals surface area contributed by atoms with Crippen molar-refractivity contribution in [2.75, 3.05) is 19.6 Å². The zero-order chi connectivity index (χ0) is 21.0. The molecule has 7 heteroatoms. The topological polar surface area (TPSA) is 75.2 Å². The molecule has 6 nitrogen and oxygen atoms in total. The predicted molar refractivity (Wildman–Crippen MR) is 115 cm³/mol. The average molecular weight is 427 g/mol. The van der Waals surface area contributed by atoms with Crippen molar-refractivity contribution in [2.24, 2.45) is 5.92 Å². The fourth-order valence-corrected chi connectivity index (χ4v) is 4.38. The number of aromatic nitrogens is 2. The first kappa shape index (κ1) is 20.8. The first-order chi connectivity index (χ1) is 14.6. The number of rotatable bonds is 7. The number of likely N-dealkylation sites (tertiary alicyclic amines) is 1. The van der Waals surface area contributed by atoms with E-state index in [2.05, 4.69) is 15.3 Å². The van der Waals surface area contributed by atoms with E-state index in [-0.39, 0.29) is 11.8 Å². The van der Waals surface area contributed by atoms with Crippen molar-refractivity contribution in [3.8, 4) is 0 Å². The van der Waals surface area contributed by atoms with Crippen LogP contribution in [0.4, 0.5) is 0 Å². The van der Waals surface area contributed by atoms with Crippen LogP contribution in [0.25, 0.3) is 0 Å². The van der Waals surface area contributed by atoms with E-state index in [1.54, 1.807) is 18.6 Å². The number of nitrogens with one attached hydrogen (secondary N) is 1. The van der Waals surface area contributed by atoms with E-state index >= 15 is 0 Å². The molecule has 1 aromatic carbocycles. The molecule has 1 aromatic heterocycles. The molecule has 2 fully saturated rings. The van der Waals surface area contributed by atoms with Gasteiger partial charge in [0, 0.05) is 49.7 Å². The largest absolute Gasteiger partial charge is 0.355 e. The number of carbonyl (C=O) groups excluding carboxylic acids is 2. The molecular formula is C23H27ClN4O2. The Labute approximate surface area is 182 Å². The number of piperidine rings is 1. The molecule has 1 N–H and O–H groups in total. The van der Waals surface area contributed by atoms with Gasteiger partial charge in [-0.25, -0.2) is 0 Å². The van der Waals surface area contributed by atoms with Crippen LogP contribution >= 0.6 is 11.6 Å². The van der Waals surface area contributed by atoms with Crippen LogP contribution in [0, 0.1) is 5.92 Å². The summed E-state index contributed by atoms with van der Waals surface area (Å²) < 4.78 is 0. The van der Waals surface area contributed by atoms with E-state index in [1.165, 1.54) is 0 Å². The molecule has 2 heterocycles. The molecule has 1 atom stereocenters. The summed E-state index contributed by atoms with van der Waals surface area (Å²) in [4.78, 5) is 35.7. The van der Waals surface area contributed by atoms with E-state index in [4.69, 9.17) is 11.6 Å². The van der Waals surface area contributed by atoms with Gasteiger partial charge in [0.05, 0.1) is 11.1 Å². The Bertz CT molecular complexity index is 884. The molecule has 0 bridgehead atoms. The molecule has 1 saturated carbocycles. The summed E-state index contributed by atoms with van der Waals surface area (Å²) in [5.74, 6) is 0.539. The van der Waals surface area contributed by atoms with Crippen LogP contribution < -0.4 is 5.32 Å². The predicted octanol–water partition coefficient (Wildman–Crippen LogP) is 3.15. The fraction of sp³-hybridized carbons (Fsp3) is 0.478. The highest BCUT2D eigenvalue weighted by atomic mass is 35.5. The van der Waals surface area contributed by atoms with Crippen LogP contribution in [-0.2, 0) is 21.4 Å². The Morgan fingerprint density at radius 1 is 1.20 bits per heavy atom. The number of hydrogen-bond acceptors (Lipinski definition) is 4. The van der Waals surface area contributed by atoms with Crippen molar-refractivity contribution in [1.29, 1.82) is 0 Å². The molecular weight excluding hydrogens is 400 g/mol. The van der Waals surface area contributed by atoms with Crippen LogP contribution in [0.2, 0.25) is 5.02 Å². The normalized spacial score (nSPS) is 19.9. The zero-order valence-electron chi connectivity index (χ0n) is 17.0. The standard InChI is InChI=1S/C23H27ClN4O2/c24-19-5-3-18(4-6-19)23(9-10-23)22(30)27-14-17-2-1-13-28(16-17)21(29)8-7-20-15-25-11-12-26-20/h3-6,11-12,15,17H,1-2,7-10,13-14,16H2,(H,27,30).